The Kier molecular flexibility index (Phi) is 7.40. The summed E-state index contributed by atoms with van der Waals surface area (Å²) in [6.07, 6.45) is -0.251. The normalized spacial score (nSPS) is 12.1. The maximum Gasteiger partial charge on any atom is 0.318 e. The van der Waals surface area contributed by atoms with Crippen LogP contribution < -0.4 is 11.1 Å². The van der Waals surface area contributed by atoms with Gasteiger partial charge in [-0.25, -0.2) is 9.78 Å². The molecule has 0 radical (unpaired) electrons. The third-order valence-corrected chi connectivity index (χ3v) is 5.66. The molecule has 1 aromatic carbocycles. The molecule has 9 heteroatoms. The van der Waals surface area contributed by atoms with Crippen LogP contribution in [0.3, 0.4) is 0 Å². The molecule has 0 aliphatic rings. The highest BCUT2D eigenvalue weighted by Gasteiger charge is 2.27. The van der Waals surface area contributed by atoms with Crippen LogP contribution in [0.1, 0.15) is 26.7 Å². The Bertz CT molecular complexity index is 758. The highest BCUT2D eigenvalue weighted by atomic mass is 32.2. The van der Waals surface area contributed by atoms with Gasteiger partial charge < -0.3 is 10.5 Å². The van der Waals surface area contributed by atoms with Gasteiger partial charge in [0.2, 0.25) is 0 Å². The Morgan fingerprint density at radius 1 is 1.31 bits per heavy atom. The van der Waals surface area contributed by atoms with Crippen LogP contribution in [0.4, 0.5) is 4.79 Å². The van der Waals surface area contributed by atoms with Crippen LogP contribution in [0.2, 0.25) is 0 Å². The SMILES string of the molecule is CC(C)[C@@H](OC(=O)CCCSc1nc2ccccc2s1)C(=O)NC(N)=O. The van der Waals surface area contributed by atoms with Gasteiger partial charge in [-0.2, -0.15) is 0 Å². The number of nitrogens with two attached hydrogens (primary N) is 1. The van der Waals surface area contributed by atoms with E-state index in [1.807, 2.05) is 29.6 Å². The van der Waals surface area contributed by atoms with Crippen molar-refractivity contribution in [3.05, 3.63) is 24.3 Å². The van der Waals surface area contributed by atoms with E-state index in [1.165, 1.54) is 0 Å². The smallest absolute Gasteiger partial charge is 0.318 e. The second-order valence-corrected chi connectivity index (χ2v) is 8.28. The summed E-state index contributed by atoms with van der Waals surface area (Å²) >= 11 is 3.21. The minimum atomic E-state index is -1.04. The number of urea groups is 1. The zero-order chi connectivity index (χ0) is 19.1. The van der Waals surface area contributed by atoms with Gasteiger partial charge in [0.15, 0.2) is 10.4 Å². The monoisotopic (exact) mass is 395 g/mol. The summed E-state index contributed by atoms with van der Waals surface area (Å²) in [4.78, 5) is 39.1. The largest absolute Gasteiger partial charge is 0.452 e. The van der Waals surface area contributed by atoms with Gasteiger partial charge in [0, 0.05) is 12.2 Å². The number of primary amides is 1. The van der Waals surface area contributed by atoms with Gasteiger partial charge in [-0.1, -0.05) is 37.7 Å². The fourth-order valence-electron chi connectivity index (χ4n) is 2.17. The third-order valence-electron chi connectivity index (χ3n) is 3.39. The number of carbonyl (C=O) groups excluding carboxylic acids is 3. The first-order valence-corrected chi connectivity index (χ1v) is 9.95. The van der Waals surface area contributed by atoms with E-state index in [-0.39, 0.29) is 12.3 Å². The summed E-state index contributed by atoms with van der Waals surface area (Å²) in [6, 6.07) is 6.95. The van der Waals surface area contributed by atoms with E-state index in [0.29, 0.717) is 6.42 Å². The predicted molar refractivity (Wildman–Crippen MR) is 102 cm³/mol. The van der Waals surface area contributed by atoms with E-state index >= 15 is 0 Å². The van der Waals surface area contributed by atoms with Crippen LogP contribution in [-0.2, 0) is 14.3 Å². The molecular formula is C17H21N3O4S2. The minimum absolute atomic E-state index is 0.185. The number of thioether (sulfide) groups is 1. The topological polar surface area (TPSA) is 111 Å². The summed E-state index contributed by atoms with van der Waals surface area (Å²) in [6.45, 7) is 3.45. The molecule has 0 saturated carbocycles. The number of benzene rings is 1. The van der Waals surface area contributed by atoms with Gasteiger partial charge in [-0.15, -0.1) is 11.3 Å². The number of imide groups is 1. The number of hydrogen-bond acceptors (Lipinski definition) is 7. The number of amides is 3. The van der Waals surface area contributed by atoms with Gasteiger partial charge in [0.1, 0.15) is 0 Å². The number of fused-ring (bicyclic) bond motifs is 1. The number of nitrogens with one attached hydrogen (secondary N) is 1. The van der Waals surface area contributed by atoms with Gasteiger partial charge in [-0.3, -0.25) is 14.9 Å². The van der Waals surface area contributed by atoms with Crippen LogP contribution >= 0.6 is 23.1 Å². The predicted octanol–water partition coefficient (Wildman–Crippen LogP) is 2.93. The van der Waals surface area contributed by atoms with Crippen molar-refractivity contribution in [2.24, 2.45) is 11.7 Å². The fourth-order valence-corrected chi connectivity index (χ4v) is 4.25. The molecule has 0 unspecified atom stereocenters. The minimum Gasteiger partial charge on any atom is -0.452 e. The summed E-state index contributed by atoms with van der Waals surface area (Å²) in [7, 11) is 0. The molecule has 0 spiro atoms. The summed E-state index contributed by atoms with van der Waals surface area (Å²) in [5.74, 6) is -0.734. The average Bonchev–Trinajstić information content (AvgIpc) is 2.98. The molecule has 0 fully saturated rings. The highest BCUT2D eigenvalue weighted by molar-refractivity contribution is 8.01. The second kappa shape index (κ2) is 9.54. The Balaban J connectivity index is 1.76. The number of para-hydroxylation sites is 1. The van der Waals surface area contributed by atoms with Gasteiger partial charge >= 0.3 is 12.0 Å². The van der Waals surface area contributed by atoms with Crippen molar-refractivity contribution in [1.29, 1.82) is 0 Å². The molecule has 1 heterocycles. The average molecular weight is 396 g/mol. The molecular weight excluding hydrogens is 374 g/mol. The van der Waals surface area contributed by atoms with E-state index in [2.05, 4.69) is 4.98 Å². The Morgan fingerprint density at radius 2 is 2.04 bits per heavy atom. The molecule has 2 aromatic rings. The summed E-state index contributed by atoms with van der Waals surface area (Å²) < 4.78 is 7.29. The van der Waals surface area contributed by atoms with E-state index in [1.54, 1.807) is 36.9 Å². The Labute approximate surface area is 159 Å². The lowest BCUT2D eigenvalue weighted by atomic mass is 10.1. The van der Waals surface area contributed by atoms with Crippen LogP contribution in [-0.4, -0.2) is 34.7 Å². The zero-order valence-corrected chi connectivity index (χ0v) is 16.2. The first kappa shape index (κ1) is 20.2. The molecule has 26 heavy (non-hydrogen) atoms. The van der Waals surface area contributed by atoms with Gasteiger partial charge in [-0.05, 0) is 24.5 Å². The molecule has 3 N–H and O–H groups in total. The lowest BCUT2D eigenvalue weighted by Crippen LogP contribution is -2.45. The van der Waals surface area contributed by atoms with E-state index in [9.17, 15) is 14.4 Å². The van der Waals surface area contributed by atoms with Crippen LogP contribution in [0, 0.1) is 5.92 Å². The van der Waals surface area contributed by atoms with Gasteiger partial charge in [0.05, 0.1) is 10.2 Å². The maximum absolute atomic E-state index is 12.0. The molecule has 2 rings (SSSR count). The number of esters is 1. The molecule has 3 amide bonds. The lowest BCUT2D eigenvalue weighted by molar-refractivity contribution is -0.158. The van der Waals surface area contributed by atoms with Crippen molar-refractivity contribution >= 4 is 51.2 Å². The third kappa shape index (κ3) is 5.99. The van der Waals surface area contributed by atoms with Crippen molar-refractivity contribution in [3.63, 3.8) is 0 Å². The number of aromatic nitrogens is 1. The molecule has 140 valence electrons. The number of rotatable bonds is 8. The number of thiazole rings is 1. The summed E-state index contributed by atoms with van der Waals surface area (Å²) in [5, 5.41) is 1.94. The van der Waals surface area contributed by atoms with Crippen molar-refractivity contribution in [3.8, 4) is 0 Å². The second-order valence-electron chi connectivity index (χ2n) is 5.91. The zero-order valence-electron chi connectivity index (χ0n) is 14.6. The molecule has 1 aromatic heterocycles. The number of carbonyl (C=O) groups is 3. The van der Waals surface area contributed by atoms with Crippen LogP contribution in [0.25, 0.3) is 10.2 Å². The molecule has 0 aliphatic heterocycles. The quantitative estimate of drug-likeness (QED) is 0.404. The Morgan fingerprint density at radius 3 is 2.69 bits per heavy atom. The molecule has 0 bridgehead atoms. The lowest BCUT2D eigenvalue weighted by Gasteiger charge is -2.19. The molecule has 0 saturated heterocycles. The van der Waals surface area contributed by atoms with Crippen molar-refractivity contribution in [2.45, 2.75) is 37.1 Å². The summed E-state index contributed by atoms with van der Waals surface area (Å²) in [5.41, 5.74) is 5.90. The number of nitrogens with zero attached hydrogens (tertiary/aromatic N) is 1. The van der Waals surface area contributed by atoms with Crippen LogP contribution in [0.15, 0.2) is 28.6 Å². The molecule has 1 atom stereocenters. The number of ether oxygens (including phenoxy) is 1. The first-order chi connectivity index (χ1) is 12.4. The fraction of sp³-hybridized carbons (Fsp3) is 0.412. The van der Waals surface area contributed by atoms with Crippen molar-refractivity contribution in [2.75, 3.05) is 5.75 Å². The molecule has 7 nitrogen and oxygen atoms in total. The van der Waals surface area contributed by atoms with Crippen molar-refractivity contribution < 1.29 is 19.1 Å². The standard InChI is InChI=1S/C17H21N3O4S2/c1-10(2)14(15(22)20-16(18)23)24-13(21)8-5-9-25-17-19-11-6-3-4-7-12(11)26-17/h3-4,6-7,10,14H,5,8-9H2,1-2H3,(H3,18,20,22,23)/t14-/m1/s1. The van der Waals surface area contributed by atoms with E-state index in [4.69, 9.17) is 10.5 Å². The highest BCUT2D eigenvalue weighted by Crippen LogP contribution is 2.29. The number of hydrogen-bond donors (Lipinski definition) is 2. The first-order valence-electron chi connectivity index (χ1n) is 8.15. The maximum atomic E-state index is 12.0. The molecule has 0 aliphatic carbocycles. The van der Waals surface area contributed by atoms with Crippen LogP contribution in [0.5, 0.6) is 0 Å². The van der Waals surface area contributed by atoms with Crippen molar-refractivity contribution in [1.82, 2.24) is 10.3 Å². The Hall–Kier alpha value is -2.13. The van der Waals surface area contributed by atoms with E-state index in [0.717, 1.165) is 20.3 Å². The van der Waals surface area contributed by atoms with Gasteiger partial charge in [0.25, 0.3) is 5.91 Å². The van der Waals surface area contributed by atoms with E-state index < -0.39 is 24.0 Å².